The molecule has 0 aliphatic carbocycles. The molecule has 0 spiro atoms. The van der Waals surface area contributed by atoms with Crippen LogP contribution in [0.3, 0.4) is 0 Å². The number of phenols is 2. The molecular weight excluding hydrogens is 370 g/mol. The highest BCUT2D eigenvalue weighted by molar-refractivity contribution is 5.89. The van der Waals surface area contributed by atoms with Crippen LogP contribution in [0, 0.1) is 0 Å². The first-order valence-corrected chi connectivity index (χ1v) is 8.17. The van der Waals surface area contributed by atoms with Crippen LogP contribution in [0.4, 0.5) is 0 Å². The van der Waals surface area contributed by atoms with Gasteiger partial charge in [-0.1, -0.05) is 0 Å². The van der Waals surface area contributed by atoms with Gasteiger partial charge in [0.1, 0.15) is 16.7 Å². The number of hydrogen-bond donors (Lipinski definition) is 5. The molecule has 0 aliphatic heterocycles. The molecule has 2 aromatic carbocycles. The summed E-state index contributed by atoms with van der Waals surface area (Å²) in [6, 6.07) is 7.48. The third kappa shape index (κ3) is 3.30. The Kier molecular flexibility index (Phi) is 4.85. The molecule has 0 bridgehead atoms. The number of hydrogen-bond acceptors (Lipinski definition) is 8. The molecule has 3 aromatic rings. The molecule has 6 N–H and O–H groups in total. The van der Waals surface area contributed by atoms with Crippen LogP contribution >= 0.6 is 0 Å². The molecule has 1 heterocycles. The van der Waals surface area contributed by atoms with Crippen LogP contribution < -0.4 is 15.9 Å². The molecule has 0 fully saturated rings. The van der Waals surface area contributed by atoms with Gasteiger partial charge >= 0.3 is 5.97 Å². The first kappa shape index (κ1) is 19.1. The number of phenolic OH excluding ortho intramolecular Hbond substituents is 2. The van der Waals surface area contributed by atoms with Gasteiger partial charge in [-0.25, -0.2) is 4.79 Å². The van der Waals surface area contributed by atoms with Gasteiger partial charge < -0.3 is 35.3 Å². The Morgan fingerprint density at radius 1 is 1.07 bits per heavy atom. The predicted molar refractivity (Wildman–Crippen MR) is 98.6 cm³/mol. The summed E-state index contributed by atoms with van der Waals surface area (Å²) >= 11 is 0. The minimum atomic E-state index is -1.24. The molecule has 0 radical (unpaired) electrons. The Bertz CT molecular complexity index is 1100. The van der Waals surface area contributed by atoms with E-state index in [0.29, 0.717) is 5.56 Å². The number of carboxylic acids is 1. The van der Waals surface area contributed by atoms with E-state index in [-0.39, 0.29) is 22.5 Å². The van der Waals surface area contributed by atoms with E-state index in [9.17, 15) is 24.9 Å². The average molecular weight is 387 g/mol. The van der Waals surface area contributed by atoms with Crippen molar-refractivity contribution in [3.8, 4) is 34.3 Å². The zero-order valence-electron chi connectivity index (χ0n) is 14.6. The maximum Gasteiger partial charge on any atom is 0.346 e. The van der Waals surface area contributed by atoms with Crippen molar-refractivity contribution in [2.45, 2.75) is 19.1 Å². The van der Waals surface area contributed by atoms with Crippen molar-refractivity contribution in [3.05, 3.63) is 46.6 Å². The topological polar surface area (TPSA) is 163 Å². The Hall–Kier alpha value is -3.72. The number of carboxylic acid groups (broad SMARTS) is 1. The fraction of sp³-hybridized carbons (Fsp3) is 0.158. The lowest BCUT2D eigenvalue weighted by Crippen LogP contribution is -2.42. The first-order chi connectivity index (χ1) is 13.2. The highest BCUT2D eigenvalue weighted by Gasteiger charge is 2.24. The van der Waals surface area contributed by atoms with E-state index >= 15 is 0 Å². The van der Waals surface area contributed by atoms with Crippen molar-refractivity contribution in [1.29, 1.82) is 0 Å². The maximum atomic E-state index is 12.4. The molecule has 9 nitrogen and oxygen atoms in total. The highest BCUT2D eigenvalue weighted by atomic mass is 16.5. The van der Waals surface area contributed by atoms with Crippen LogP contribution in [0.2, 0.25) is 0 Å². The summed E-state index contributed by atoms with van der Waals surface area (Å²) in [5.41, 5.74) is 4.96. The van der Waals surface area contributed by atoms with Crippen molar-refractivity contribution in [1.82, 2.24) is 0 Å². The second-order valence-corrected chi connectivity index (χ2v) is 6.18. The lowest BCUT2D eigenvalue weighted by Gasteiger charge is -2.18. The summed E-state index contributed by atoms with van der Waals surface area (Å²) in [7, 11) is 0. The van der Waals surface area contributed by atoms with E-state index in [1.165, 1.54) is 37.3 Å². The quantitative estimate of drug-likeness (QED) is 0.410. The zero-order valence-corrected chi connectivity index (χ0v) is 14.6. The third-order valence-electron chi connectivity index (χ3n) is 4.09. The Balaban J connectivity index is 2.02. The molecular formula is C19H17NO8. The molecule has 2 unspecified atom stereocenters. The number of aliphatic carboxylic acids is 1. The predicted octanol–water partition coefficient (Wildman–Crippen LogP) is 1.76. The van der Waals surface area contributed by atoms with Crippen LogP contribution in [-0.4, -0.2) is 38.5 Å². The van der Waals surface area contributed by atoms with Crippen molar-refractivity contribution in [2.75, 3.05) is 0 Å². The second kappa shape index (κ2) is 7.12. The van der Waals surface area contributed by atoms with Crippen molar-refractivity contribution in [2.24, 2.45) is 5.73 Å². The first-order valence-electron chi connectivity index (χ1n) is 8.17. The molecule has 28 heavy (non-hydrogen) atoms. The van der Waals surface area contributed by atoms with Crippen molar-refractivity contribution >= 4 is 16.9 Å². The maximum absolute atomic E-state index is 12.4. The van der Waals surface area contributed by atoms with E-state index in [1.807, 2.05) is 0 Å². The van der Waals surface area contributed by atoms with E-state index < -0.39 is 40.8 Å². The third-order valence-corrected chi connectivity index (χ3v) is 4.09. The minimum absolute atomic E-state index is 0.0312. The SMILES string of the molecule is CC(N)C(Oc1ccc(-c2oc3ccc(O)c(O)c3c(=O)c2O)cc1)C(=O)O. The number of rotatable bonds is 5. The molecule has 9 heteroatoms. The summed E-state index contributed by atoms with van der Waals surface area (Å²) in [6.45, 7) is 1.50. The largest absolute Gasteiger partial charge is 0.504 e. The van der Waals surface area contributed by atoms with Gasteiger partial charge in [0.2, 0.25) is 17.3 Å². The summed E-state index contributed by atoms with van der Waals surface area (Å²) in [6.07, 6.45) is -1.24. The van der Waals surface area contributed by atoms with E-state index in [1.54, 1.807) is 0 Å². The van der Waals surface area contributed by atoms with Gasteiger partial charge in [-0.15, -0.1) is 0 Å². The molecule has 1 aromatic heterocycles. The van der Waals surface area contributed by atoms with Gasteiger partial charge in [0.15, 0.2) is 17.3 Å². The Labute approximate surface area is 157 Å². The van der Waals surface area contributed by atoms with E-state index in [4.69, 9.17) is 20.0 Å². The summed E-state index contributed by atoms with van der Waals surface area (Å²) < 4.78 is 10.9. The minimum Gasteiger partial charge on any atom is -0.504 e. The molecule has 0 saturated heterocycles. The van der Waals surface area contributed by atoms with Gasteiger partial charge in [-0.3, -0.25) is 4.79 Å². The lowest BCUT2D eigenvalue weighted by molar-refractivity contribution is -0.145. The standard InChI is InChI=1S/C19H17NO8/c1-8(20)17(19(25)26)27-10-4-2-9(3-5-10)18-16(24)15(23)13-12(28-18)7-6-11(21)14(13)22/h2-8,17,21-22,24H,20H2,1H3,(H,25,26). The number of benzene rings is 2. The highest BCUT2D eigenvalue weighted by Crippen LogP contribution is 2.37. The van der Waals surface area contributed by atoms with E-state index in [2.05, 4.69) is 0 Å². The van der Waals surface area contributed by atoms with Crippen molar-refractivity contribution in [3.63, 3.8) is 0 Å². The lowest BCUT2D eigenvalue weighted by atomic mass is 10.1. The summed E-state index contributed by atoms with van der Waals surface area (Å²) in [5.74, 6) is -3.10. The average Bonchev–Trinajstić information content (AvgIpc) is 2.65. The summed E-state index contributed by atoms with van der Waals surface area (Å²) in [4.78, 5) is 23.5. The molecule has 2 atom stereocenters. The second-order valence-electron chi connectivity index (χ2n) is 6.18. The van der Waals surface area contributed by atoms with Gasteiger partial charge in [0, 0.05) is 11.6 Å². The molecule has 0 saturated carbocycles. The Morgan fingerprint density at radius 2 is 1.71 bits per heavy atom. The summed E-state index contributed by atoms with van der Waals surface area (Å²) in [5, 5.41) is 38.3. The Morgan fingerprint density at radius 3 is 2.29 bits per heavy atom. The van der Waals surface area contributed by atoms with Crippen LogP contribution in [0.15, 0.2) is 45.6 Å². The van der Waals surface area contributed by atoms with Crippen molar-refractivity contribution < 1.29 is 34.4 Å². The van der Waals surface area contributed by atoms with Crippen LogP contribution in [0.1, 0.15) is 6.92 Å². The molecule has 3 rings (SSSR count). The number of ether oxygens (including phenoxy) is 1. The fourth-order valence-electron chi connectivity index (χ4n) is 2.66. The zero-order chi connectivity index (χ0) is 20.6. The number of nitrogens with two attached hydrogens (primary N) is 1. The molecule has 0 amide bonds. The number of aromatic hydroxyl groups is 3. The number of carbonyl (C=O) groups is 1. The van der Waals surface area contributed by atoms with Crippen LogP contribution in [-0.2, 0) is 4.79 Å². The number of fused-ring (bicyclic) bond motifs is 1. The smallest absolute Gasteiger partial charge is 0.346 e. The molecule has 146 valence electrons. The molecule has 0 aliphatic rings. The normalized spacial score (nSPS) is 13.2. The fourth-order valence-corrected chi connectivity index (χ4v) is 2.66. The van der Waals surface area contributed by atoms with Crippen LogP contribution in [0.25, 0.3) is 22.3 Å². The van der Waals surface area contributed by atoms with Gasteiger partial charge in [0.25, 0.3) is 0 Å². The van der Waals surface area contributed by atoms with Gasteiger partial charge in [-0.05, 0) is 43.3 Å². The van der Waals surface area contributed by atoms with Gasteiger partial charge in [0.05, 0.1) is 0 Å². The monoisotopic (exact) mass is 387 g/mol. The van der Waals surface area contributed by atoms with Gasteiger partial charge in [-0.2, -0.15) is 0 Å². The van der Waals surface area contributed by atoms with Crippen LogP contribution in [0.5, 0.6) is 23.0 Å². The van der Waals surface area contributed by atoms with E-state index in [0.717, 1.165) is 6.07 Å².